The van der Waals surface area contributed by atoms with E-state index in [1.165, 1.54) is 47.1 Å². The van der Waals surface area contributed by atoms with E-state index in [4.69, 9.17) is 0 Å². The molecule has 0 bridgehead atoms. The standard InChI is InChI=1S/C23H15F6N5/c24-16-5-2-6-17-19(16)20(31-21-32-30-13-34(17)21)33(12-18(25)26)15-4-1-3-14(11-15)7-8-22(9-10-22)23(27,28)29/h1-6,11,13,18H,9-10,12H2. The van der Waals surface area contributed by atoms with Crippen LogP contribution in [0.25, 0.3) is 16.7 Å². The summed E-state index contributed by atoms with van der Waals surface area (Å²) in [5.74, 6) is 4.08. The highest BCUT2D eigenvalue weighted by Gasteiger charge is 2.62. The van der Waals surface area contributed by atoms with Gasteiger partial charge in [-0.05, 0) is 43.2 Å². The molecule has 2 heterocycles. The van der Waals surface area contributed by atoms with E-state index in [9.17, 15) is 26.3 Å². The summed E-state index contributed by atoms with van der Waals surface area (Å²) in [5.41, 5.74) is -1.32. The Kier molecular flexibility index (Phi) is 5.11. The van der Waals surface area contributed by atoms with Crippen molar-refractivity contribution in [1.29, 1.82) is 0 Å². The van der Waals surface area contributed by atoms with Crippen LogP contribution < -0.4 is 4.90 Å². The van der Waals surface area contributed by atoms with Crippen molar-refractivity contribution < 1.29 is 26.3 Å². The second kappa shape index (κ2) is 7.90. The average Bonchev–Trinajstić information content (AvgIpc) is 3.45. The van der Waals surface area contributed by atoms with Gasteiger partial charge in [0.1, 0.15) is 23.4 Å². The topological polar surface area (TPSA) is 46.3 Å². The number of rotatable bonds is 4. The predicted octanol–water partition coefficient (Wildman–Crippen LogP) is 5.51. The van der Waals surface area contributed by atoms with Crippen molar-refractivity contribution in [2.75, 3.05) is 11.4 Å². The number of anilines is 2. The molecule has 5 nitrogen and oxygen atoms in total. The van der Waals surface area contributed by atoms with Crippen molar-refractivity contribution >= 4 is 28.2 Å². The molecule has 0 saturated heterocycles. The van der Waals surface area contributed by atoms with Crippen molar-refractivity contribution in [1.82, 2.24) is 19.6 Å². The van der Waals surface area contributed by atoms with Crippen LogP contribution in [0.15, 0.2) is 48.8 Å². The molecule has 2 aromatic heterocycles. The maximum atomic E-state index is 14.9. The van der Waals surface area contributed by atoms with Crippen LogP contribution >= 0.6 is 0 Å². The number of hydrogen-bond acceptors (Lipinski definition) is 4. The molecule has 0 aliphatic heterocycles. The highest BCUT2D eigenvalue weighted by Crippen LogP contribution is 2.57. The van der Waals surface area contributed by atoms with E-state index < -0.39 is 30.4 Å². The molecule has 1 saturated carbocycles. The molecule has 174 valence electrons. The number of fused-ring (bicyclic) bond motifs is 3. The van der Waals surface area contributed by atoms with E-state index in [-0.39, 0.29) is 41.1 Å². The summed E-state index contributed by atoms with van der Waals surface area (Å²) in [6.45, 7) is -0.843. The SMILES string of the molecule is Fc1cccc2c1c(N(CC(F)F)c1cccc(C#CC3(C(F)(F)F)CC3)c1)nc1nncn12. The Balaban J connectivity index is 1.64. The largest absolute Gasteiger partial charge is 0.405 e. The molecule has 11 heteroatoms. The Bertz CT molecular complexity index is 1450. The maximum absolute atomic E-state index is 14.9. The van der Waals surface area contributed by atoms with Crippen molar-refractivity contribution in [3.05, 3.63) is 60.2 Å². The fourth-order valence-corrected chi connectivity index (χ4v) is 3.76. The maximum Gasteiger partial charge on any atom is 0.405 e. The number of benzene rings is 2. The highest BCUT2D eigenvalue weighted by molar-refractivity contribution is 5.94. The summed E-state index contributed by atoms with van der Waals surface area (Å²) >= 11 is 0. The molecule has 0 amide bonds. The van der Waals surface area contributed by atoms with Crippen molar-refractivity contribution in [2.45, 2.75) is 25.4 Å². The van der Waals surface area contributed by atoms with Gasteiger partial charge in [0, 0.05) is 11.3 Å². The number of aromatic nitrogens is 4. The first kappa shape index (κ1) is 22.0. The third-order valence-corrected chi connectivity index (χ3v) is 5.68. The highest BCUT2D eigenvalue weighted by atomic mass is 19.4. The monoisotopic (exact) mass is 475 g/mol. The molecule has 1 fully saturated rings. The minimum Gasteiger partial charge on any atom is -0.320 e. The van der Waals surface area contributed by atoms with Gasteiger partial charge in [0.05, 0.1) is 17.4 Å². The molecule has 0 N–H and O–H groups in total. The van der Waals surface area contributed by atoms with Crippen LogP contribution in [0.5, 0.6) is 0 Å². The van der Waals surface area contributed by atoms with Gasteiger partial charge >= 0.3 is 6.18 Å². The lowest BCUT2D eigenvalue weighted by Crippen LogP contribution is -2.25. The predicted molar refractivity (Wildman–Crippen MR) is 112 cm³/mol. The van der Waals surface area contributed by atoms with Gasteiger partial charge in [-0.2, -0.15) is 18.2 Å². The molecule has 4 aromatic rings. The van der Waals surface area contributed by atoms with Crippen LogP contribution in [0.1, 0.15) is 18.4 Å². The molecule has 2 aromatic carbocycles. The van der Waals surface area contributed by atoms with Crippen molar-refractivity contribution in [3.8, 4) is 11.8 Å². The van der Waals surface area contributed by atoms with E-state index in [0.717, 1.165) is 4.90 Å². The minimum atomic E-state index is -4.44. The van der Waals surface area contributed by atoms with Gasteiger partial charge in [0.15, 0.2) is 0 Å². The smallest absolute Gasteiger partial charge is 0.320 e. The average molecular weight is 475 g/mol. The van der Waals surface area contributed by atoms with Crippen LogP contribution in [-0.4, -0.2) is 38.7 Å². The molecule has 0 radical (unpaired) electrons. The van der Waals surface area contributed by atoms with Gasteiger partial charge in [0.25, 0.3) is 12.2 Å². The number of hydrogen-bond donors (Lipinski definition) is 0. The van der Waals surface area contributed by atoms with Crippen LogP contribution in [0.2, 0.25) is 0 Å². The lowest BCUT2D eigenvalue weighted by atomic mass is 10.1. The summed E-state index contributed by atoms with van der Waals surface area (Å²) in [6, 6.07) is 10.0. The molecule has 0 atom stereocenters. The van der Waals surface area contributed by atoms with Crippen molar-refractivity contribution in [2.24, 2.45) is 5.41 Å². The minimum absolute atomic E-state index is 0.0269. The van der Waals surface area contributed by atoms with Gasteiger partial charge in [-0.3, -0.25) is 4.40 Å². The molecule has 0 unspecified atom stereocenters. The molecule has 0 spiro atoms. The number of halogens is 6. The third-order valence-electron chi connectivity index (χ3n) is 5.68. The van der Waals surface area contributed by atoms with Gasteiger partial charge in [-0.1, -0.05) is 24.0 Å². The van der Waals surface area contributed by atoms with E-state index in [1.807, 2.05) is 0 Å². The van der Waals surface area contributed by atoms with Crippen LogP contribution in [0.4, 0.5) is 37.8 Å². The fourth-order valence-electron chi connectivity index (χ4n) is 3.76. The summed E-state index contributed by atoms with van der Waals surface area (Å²) in [6.07, 6.45) is -6.08. The van der Waals surface area contributed by atoms with Gasteiger partial charge in [0.2, 0.25) is 0 Å². The zero-order valence-electron chi connectivity index (χ0n) is 17.3. The Morgan fingerprint density at radius 2 is 1.88 bits per heavy atom. The van der Waals surface area contributed by atoms with Crippen LogP contribution in [-0.2, 0) is 0 Å². The van der Waals surface area contributed by atoms with E-state index >= 15 is 0 Å². The van der Waals surface area contributed by atoms with Crippen molar-refractivity contribution in [3.63, 3.8) is 0 Å². The van der Waals surface area contributed by atoms with Gasteiger partial charge in [-0.25, -0.2) is 13.2 Å². The molecular formula is C23H15F6N5. The molecular weight excluding hydrogens is 460 g/mol. The number of alkyl halides is 5. The lowest BCUT2D eigenvalue weighted by Gasteiger charge is -2.25. The van der Waals surface area contributed by atoms with Crippen LogP contribution in [0.3, 0.4) is 0 Å². The first-order valence-electron chi connectivity index (χ1n) is 10.2. The zero-order valence-corrected chi connectivity index (χ0v) is 17.3. The fraction of sp³-hybridized carbons (Fsp3) is 0.261. The van der Waals surface area contributed by atoms with E-state index in [1.54, 1.807) is 6.07 Å². The normalized spacial score (nSPS) is 14.9. The third kappa shape index (κ3) is 3.79. The van der Waals surface area contributed by atoms with Gasteiger partial charge < -0.3 is 4.90 Å². The Morgan fingerprint density at radius 1 is 1.12 bits per heavy atom. The summed E-state index contributed by atoms with van der Waals surface area (Å²) in [5, 5.41) is 7.58. The first-order valence-corrected chi connectivity index (χ1v) is 10.2. The van der Waals surface area contributed by atoms with E-state index in [2.05, 4.69) is 27.0 Å². The second-order valence-electron chi connectivity index (χ2n) is 7.95. The van der Waals surface area contributed by atoms with Gasteiger partial charge in [-0.15, -0.1) is 10.2 Å². The summed E-state index contributed by atoms with van der Waals surface area (Å²) in [4.78, 5) is 5.37. The first-order chi connectivity index (χ1) is 16.2. The Labute approximate surface area is 189 Å². The number of nitrogens with zero attached hydrogens (tertiary/aromatic N) is 5. The van der Waals surface area contributed by atoms with Crippen LogP contribution in [0, 0.1) is 23.1 Å². The Hall–Kier alpha value is -3.81. The van der Waals surface area contributed by atoms with E-state index in [0.29, 0.717) is 5.52 Å². The second-order valence-corrected chi connectivity index (χ2v) is 7.95. The molecule has 1 aliphatic rings. The summed E-state index contributed by atoms with van der Waals surface area (Å²) in [7, 11) is 0. The Morgan fingerprint density at radius 3 is 2.59 bits per heavy atom. The zero-order chi connectivity index (χ0) is 24.1. The summed E-state index contributed by atoms with van der Waals surface area (Å²) < 4.78 is 83.2. The molecule has 5 rings (SSSR count). The molecule has 34 heavy (non-hydrogen) atoms. The lowest BCUT2D eigenvalue weighted by molar-refractivity contribution is -0.168. The molecule has 1 aliphatic carbocycles. The quantitative estimate of drug-likeness (QED) is 0.288.